The highest BCUT2D eigenvalue weighted by atomic mass is 19.3. The van der Waals surface area contributed by atoms with Gasteiger partial charge in [0, 0.05) is 18.5 Å². The lowest BCUT2D eigenvalue weighted by Crippen LogP contribution is -2.31. The van der Waals surface area contributed by atoms with E-state index in [-0.39, 0.29) is 18.9 Å². The third-order valence-electron chi connectivity index (χ3n) is 2.72. The van der Waals surface area contributed by atoms with Crippen molar-refractivity contribution >= 4 is 5.91 Å². The molecule has 0 radical (unpaired) electrons. The number of nitrogens with zero attached hydrogens (tertiary/aromatic N) is 1. The van der Waals surface area contributed by atoms with Crippen molar-refractivity contribution in [3.8, 4) is 0 Å². The van der Waals surface area contributed by atoms with Crippen LogP contribution >= 0.6 is 0 Å². The largest absolute Gasteiger partial charge is 0.332 e. The summed E-state index contributed by atoms with van der Waals surface area (Å²) in [5.74, 6) is -3.03. The van der Waals surface area contributed by atoms with Gasteiger partial charge in [-0.1, -0.05) is 17.7 Å². The maximum absolute atomic E-state index is 13.0. The number of carbonyl (C=O) groups excluding carboxylic acids is 1. The zero-order valence-corrected chi connectivity index (χ0v) is 9.04. The van der Waals surface area contributed by atoms with Crippen LogP contribution in [0.4, 0.5) is 8.78 Å². The monoisotopic (exact) mass is 225 g/mol. The van der Waals surface area contributed by atoms with Crippen molar-refractivity contribution in [3.63, 3.8) is 0 Å². The van der Waals surface area contributed by atoms with Crippen LogP contribution in [0, 0.1) is 6.92 Å². The summed E-state index contributed by atoms with van der Waals surface area (Å²) in [6.45, 7) is 1.55. The molecule has 0 saturated carbocycles. The second-order valence-corrected chi connectivity index (χ2v) is 4.20. The van der Waals surface area contributed by atoms with E-state index in [4.69, 9.17) is 0 Å². The number of halogens is 2. The minimum atomic E-state index is -2.72. The topological polar surface area (TPSA) is 20.3 Å². The van der Waals surface area contributed by atoms with Gasteiger partial charge in [-0.2, -0.15) is 0 Å². The SMILES string of the molecule is Cc1cccc(C(=O)N2CCC(F)(F)C2)c1. The zero-order valence-electron chi connectivity index (χ0n) is 9.04. The number of hydrogen-bond acceptors (Lipinski definition) is 1. The molecule has 2 rings (SSSR count). The van der Waals surface area contributed by atoms with Crippen molar-refractivity contribution in [3.05, 3.63) is 35.4 Å². The predicted molar refractivity (Wildman–Crippen MR) is 56.6 cm³/mol. The van der Waals surface area contributed by atoms with E-state index in [1.165, 1.54) is 4.90 Å². The summed E-state index contributed by atoms with van der Waals surface area (Å²) in [4.78, 5) is 13.1. The molecule has 1 saturated heterocycles. The molecule has 1 aromatic rings. The van der Waals surface area contributed by atoms with Gasteiger partial charge in [0.25, 0.3) is 11.8 Å². The van der Waals surface area contributed by atoms with E-state index in [2.05, 4.69) is 0 Å². The van der Waals surface area contributed by atoms with Crippen molar-refractivity contribution in [2.75, 3.05) is 13.1 Å². The zero-order chi connectivity index (χ0) is 11.8. The first-order valence-electron chi connectivity index (χ1n) is 5.22. The van der Waals surface area contributed by atoms with Gasteiger partial charge in [-0.05, 0) is 19.1 Å². The van der Waals surface area contributed by atoms with E-state index in [1.807, 2.05) is 13.0 Å². The summed E-state index contributed by atoms with van der Waals surface area (Å²) in [7, 11) is 0. The van der Waals surface area contributed by atoms with Crippen LogP contribution in [0.3, 0.4) is 0 Å². The molecule has 16 heavy (non-hydrogen) atoms. The lowest BCUT2D eigenvalue weighted by atomic mass is 10.1. The highest BCUT2D eigenvalue weighted by Crippen LogP contribution is 2.27. The first-order chi connectivity index (χ1) is 7.48. The van der Waals surface area contributed by atoms with Gasteiger partial charge in [-0.15, -0.1) is 0 Å². The molecule has 1 aromatic carbocycles. The van der Waals surface area contributed by atoms with Crippen LogP contribution in [0.15, 0.2) is 24.3 Å². The van der Waals surface area contributed by atoms with Crippen molar-refractivity contribution in [2.45, 2.75) is 19.3 Å². The van der Waals surface area contributed by atoms with Gasteiger partial charge in [0.05, 0.1) is 6.54 Å². The predicted octanol–water partition coefficient (Wildman–Crippen LogP) is 2.48. The van der Waals surface area contributed by atoms with E-state index in [1.54, 1.807) is 18.2 Å². The van der Waals surface area contributed by atoms with Gasteiger partial charge >= 0.3 is 0 Å². The van der Waals surface area contributed by atoms with Gasteiger partial charge in [-0.3, -0.25) is 4.79 Å². The fraction of sp³-hybridized carbons (Fsp3) is 0.417. The molecular formula is C12H13F2NO. The molecule has 0 spiro atoms. The molecule has 2 nitrogen and oxygen atoms in total. The fourth-order valence-corrected chi connectivity index (χ4v) is 1.87. The second-order valence-electron chi connectivity index (χ2n) is 4.20. The van der Waals surface area contributed by atoms with E-state index < -0.39 is 12.5 Å². The Labute approximate surface area is 92.9 Å². The highest BCUT2D eigenvalue weighted by Gasteiger charge is 2.40. The van der Waals surface area contributed by atoms with Crippen LogP contribution in [0.5, 0.6) is 0 Å². The van der Waals surface area contributed by atoms with Crippen LogP contribution in [-0.4, -0.2) is 29.8 Å². The van der Waals surface area contributed by atoms with Gasteiger partial charge in [-0.25, -0.2) is 8.78 Å². The number of likely N-dealkylation sites (tertiary alicyclic amines) is 1. The Hall–Kier alpha value is -1.45. The Kier molecular flexibility index (Phi) is 2.66. The van der Waals surface area contributed by atoms with Crippen LogP contribution < -0.4 is 0 Å². The molecule has 0 atom stereocenters. The summed E-state index contributed by atoms with van der Waals surface area (Å²) in [6, 6.07) is 7.01. The smallest absolute Gasteiger partial charge is 0.267 e. The Morgan fingerprint density at radius 1 is 1.44 bits per heavy atom. The third-order valence-corrected chi connectivity index (χ3v) is 2.72. The number of alkyl halides is 2. The summed E-state index contributed by atoms with van der Waals surface area (Å²) >= 11 is 0. The minimum Gasteiger partial charge on any atom is -0.332 e. The molecule has 1 heterocycles. The first-order valence-corrected chi connectivity index (χ1v) is 5.22. The van der Waals surface area contributed by atoms with Crippen LogP contribution in [0.2, 0.25) is 0 Å². The van der Waals surface area contributed by atoms with E-state index >= 15 is 0 Å². The molecule has 86 valence electrons. The Balaban J connectivity index is 2.15. The lowest BCUT2D eigenvalue weighted by Gasteiger charge is -2.16. The second kappa shape index (κ2) is 3.85. The Morgan fingerprint density at radius 3 is 2.75 bits per heavy atom. The van der Waals surface area contributed by atoms with E-state index in [9.17, 15) is 13.6 Å². The molecule has 0 aromatic heterocycles. The number of hydrogen-bond donors (Lipinski definition) is 0. The molecule has 0 N–H and O–H groups in total. The molecule has 0 unspecified atom stereocenters. The Morgan fingerprint density at radius 2 is 2.19 bits per heavy atom. The minimum absolute atomic E-state index is 0.139. The van der Waals surface area contributed by atoms with Crippen LogP contribution in [-0.2, 0) is 0 Å². The standard InChI is InChI=1S/C12H13F2NO/c1-9-3-2-4-10(7-9)11(16)15-6-5-12(13,14)8-15/h2-4,7H,5-6,8H2,1H3. The van der Waals surface area contributed by atoms with E-state index in [0.29, 0.717) is 5.56 Å². The molecule has 1 fully saturated rings. The molecule has 1 aliphatic heterocycles. The van der Waals surface area contributed by atoms with Gasteiger partial charge in [0.15, 0.2) is 0 Å². The van der Waals surface area contributed by atoms with Crippen molar-refractivity contribution in [1.82, 2.24) is 4.90 Å². The molecule has 4 heteroatoms. The molecule has 1 aliphatic rings. The molecular weight excluding hydrogens is 212 g/mol. The molecule has 1 amide bonds. The average Bonchev–Trinajstić information content (AvgIpc) is 2.58. The van der Waals surface area contributed by atoms with Crippen molar-refractivity contribution in [2.24, 2.45) is 0 Å². The first kappa shape index (κ1) is 11.0. The van der Waals surface area contributed by atoms with Crippen LogP contribution in [0.1, 0.15) is 22.3 Å². The summed E-state index contributed by atoms with van der Waals surface area (Å²) in [6.07, 6.45) is -0.232. The van der Waals surface area contributed by atoms with E-state index in [0.717, 1.165) is 5.56 Å². The van der Waals surface area contributed by atoms with Crippen LogP contribution in [0.25, 0.3) is 0 Å². The number of rotatable bonds is 1. The fourth-order valence-electron chi connectivity index (χ4n) is 1.87. The maximum Gasteiger partial charge on any atom is 0.267 e. The summed E-state index contributed by atoms with van der Waals surface area (Å²) < 4.78 is 25.9. The highest BCUT2D eigenvalue weighted by molar-refractivity contribution is 5.94. The van der Waals surface area contributed by atoms with Crippen molar-refractivity contribution in [1.29, 1.82) is 0 Å². The molecule has 0 aliphatic carbocycles. The summed E-state index contributed by atoms with van der Waals surface area (Å²) in [5.41, 5.74) is 1.44. The number of amides is 1. The average molecular weight is 225 g/mol. The van der Waals surface area contributed by atoms with Gasteiger partial charge < -0.3 is 4.90 Å². The molecule has 0 bridgehead atoms. The number of carbonyl (C=O) groups is 1. The number of benzene rings is 1. The maximum atomic E-state index is 13.0. The van der Waals surface area contributed by atoms with Gasteiger partial charge in [0.2, 0.25) is 0 Å². The summed E-state index contributed by atoms with van der Waals surface area (Å²) in [5, 5.41) is 0. The van der Waals surface area contributed by atoms with Gasteiger partial charge in [0.1, 0.15) is 0 Å². The Bertz CT molecular complexity index is 417. The quantitative estimate of drug-likeness (QED) is 0.719. The number of aryl methyl sites for hydroxylation is 1. The van der Waals surface area contributed by atoms with Crippen molar-refractivity contribution < 1.29 is 13.6 Å². The third kappa shape index (κ3) is 2.21. The lowest BCUT2D eigenvalue weighted by molar-refractivity contribution is 0.0120. The normalized spacial score (nSPS) is 18.8.